The Balaban J connectivity index is 1.48. The van der Waals surface area contributed by atoms with E-state index in [1.165, 1.54) is 47.6 Å². The van der Waals surface area contributed by atoms with Crippen molar-refractivity contribution in [1.82, 2.24) is 4.98 Å². The van der Waals surface area contributed by atoms with Gasteiger partial charge in [-0.1, -0.05) is 54.7 Å². The van der Waals surface area contributed by atoms with E-state index >= 15 is 0 Å². The number of aryl methyl sites for hydroxylation is 2. The molecule has 0 spiro atoms. The number of rotatable bonds is 11. The lowest BCUT2D eigenvalue weighted by molar-refractivity contribution is -0.132. The van der Waals surface area contributed by atoms with Crippen molar-refractivity contribution in [3.63, 3.8) is 0 Å². The molecule has 9 heteroatoms. The molecule has 3 aromatic rings. The summed E-state index contributed by atoms with van der Waals surface area (Å²) in [4.78, 5) is 30.1. The van der Waals surface area contributed by atoms with Crippen LogP contribution in [0.5, 0.6) is 0 Å². The molecule has 0 bridgehead atoms. The molecule has 0 fully saturated rings. The standard InChI is InChI=1S/C29H30Cl2N2O4S/c1-3-4-12-37-13-6-8-18-7-5-9-21-20(18)10-11-25-26(21)32-29(38-25)33-27(34)19-15-23(30)22(24(31)16-19)14-17(2)28(35)36/h5,7,9,14-16H,3-4,6,8,10-13H2,1-2H3,(H,35,36)(H,32,33,34)/b17-14+. The van der Waals surface area contributed by atoms with Gasteiger partial charge < -0.3 is 9.84 Å². The van der Waals surface area contributed by atoms with Crippen LogP contribution >= 0.6 is 34.5 Å². The van der Waals surface area contributed by atoms with E-state index < -0.39 is 5.97 Å². The number of amides is 1. The first-order valence-electron chi connectivity index (χ1n) is 12.7. The van der Waals surface area contributed by atoms with Crippen LogP contribution in [0.1, 0.15) is 65.0 Å². The van der Waals surface area contributed by atoms with Gasteiger partial charge in [0.05, 0.1) is 15.7 Å². The lowest BCUT2D eigenvalue weighted by Crippen LogP contribution is -2.12. The molecule has 0 radical (unpaired) electrons. The first-order chi connectivity index (χ1) is 18.3. The molecule has 2 aromatic carbocycles. The maximum Gasteiger partial charge on any atom is 0.331 e. The number of hydrogen-bond donors (Lipinski definition) is 2. The number of carboxylic acid groups (broad SMARTS) is 1. The largest absolute Gasteiger partial charge is 0.478 e. The van der Waals surface area contributed by atoms with Gasteiger partial charge in [0.2, 0.25) is 0 Å². The van der Waals surface area contributed by atoms with Crippen LogP contribution in [0.15, 0.2) is 35.9 Å². The van der Waals surface area contributed by atoms with E-state index in [2.05, 4.69) is 30.4 Å². The van der Waals surface area contributed by atoms with E-state index in [1.54, 1.807) is 0 Å². The highest BCUT2D eigenvalue weighted by Gasteiger charge is 2.24. The summed E-state index contributed by atoms with van der Waals surface area (Å²) in [5.74, 6) is -1.46. The van der Waals surface area contributed by atoms with Crippen molar-refractivity contribution >= 4 is 57.6 Å². The highest BCUT2D eigenvalue weighted by molar-refractivity contribution is 7.16. The van der Waals surface area contributed by atoms with Gasteiger partial charge in [0, 0.05) is 40.4 Å². The molecule has 0 aliphatic heterocycles. The van der Waals surface area contributed by atoms with Crippen LogP contribution < -0.4 is 5.32 Å². The van der Waals surface area contributed by atoms with Crippen molar-refractivity contribution in [1.29, 1.82) is 0 Å². The highest BCUT2D eigenvalue weighted by Crippen LogP contribution is 2.40. The molecule has 0 saturated heterocycles. The van der Waals surface area contributed by atoms with Gasteiger partial charge in [0.25, 0.3) is 5.91 Å². The molecule has 2 N–H and O–H groups in total. The fourth-order valence-corrected chi connectivity index (χ4v) is 5.99. The Morgan fingerprint density at radius 3 is 2.61 bits per heavy atom. The zero-order chi connectivity index (χ0) is 27.2. The highest BCUT2D eigenvalue weighted by atomic mass is 35.5. The number of nitrogens with one attached hydrogen (secondary N) is 1. The van der Waals surface area contributed by atoms with Crippen LogP contribution in [0.4, 0.5) is 5.13 Å². The summed E-state index contributed by atoms with van der Waals surface area (Å²) < 4.78 is 5.73. The number of anilines is 1. The molecular weight excluding hydrogens is 543 g/mol. The van der Waals surface area contributed by atoms with Crippen molar-refractivity contribution < 1.29 is 19.4 Å². The van der Waals surface area contributed by atoms with Crippen molar-refractivity contribution in [2.45, 2.75) is 52.4 Å². The smallest absolute Gasteiger partial charge is 0.331 e. The third-order valence-corrected chi connectivity index (χ3v) is 8.12. The fourth-order valence-electron chi connectivity index (χ4n) is 4.42. The molecule has 4 rings (SSSR count). The number of unbranched alkanes of at least 4 members (excludes halogenated alkanes) is 1. The number of carbonyl (C=O) groups is 2. The SMILES string of the molecule is CCCCOCCCc1cccc2c1CCc1sc(NC(=O)c3cc(Cl)c(/C=C(\C)C(=O)O)c(Cl)c3)nc1-2. The predicted octanol–water partition coefficient (Wildman–Crippen LogP) is 7.71. The predicted molar refractivity (Wildman–Crippen MR) is 155 cm³/mol. The van der Waals surface area contributed by atoms with Gasteiger partial charge in [-0.05, 0) is 68.4 Å². The van der Waals surface area contributed by atoms with Crippen LogP contribution in [0.25, 0.3) is 17.3 Å². The minimum Gasteiger partial charge on any atom is -0.478 e. The van der Waals surface area contributed by atoms with Crippen molar-refractivity contribution in [2.75, 3.05) is 18.5 Å². The topological polar surface area (TPSA) is 88.5 Å². The van der Waals surface area contributed by atoms with E-state index in [4.69, 9.17) is 38.0 Å². The van der Waals surface area contributed by atoms with Gasteiger partial charge >= 0.3 is 5.97 Å². The number of hydrogen-bond acceptors (Lipinski definition) is 5. The minimum absolute atomic E-state index is 0.0862. The molecule has 200 valence electrons. The van der Waals surface area contributed by atoms with E-state index in [9.17, 15) is 9.59 Å². The molecule has 1 aliphatic rings. The number of thiazole rings is 1. The van der Waals surface area contributed by atoms with E-state index in [0.29, 0.717) is 10.7 Å². The fraction of sp³-hybridized carbons (Fsp3) is 0.345. The zero-order valence-corrected chi connectivity index (χ0v) is 23.7. The molecule has 1 heterocycles. The molecule has 0 atom stereocenters. The second-order valence-corrected chi connectivity index (χ2v) is 11.1. The average Bonchev–Trinajstić information content (AvgIpc) is 3.30. The monoisotopic (exact) mass is 572 g/mol. The third-order valence-electron chi connectivity index (χ3n) is 6.46. The maximum absolute atomic E-state index is 13.0. The van der Waals surface area contributed by atoms with E-state index in [1.807, 2.05) is 0 Å². The van der Waals surface area contributed by atoms with Crippen molar-refractivity contribution in [3.05, 3.63) is 73.1 Å². The van der Waals surface area contributed by atoms with Gasteiger partial charge in [-0.15, -0.1) is 11.3 Å². The quantitative estimate of drug-likeness (QED) is 0.181. The molecule has 1 amide bonds. The normalized spacial score (nSPS) is 12.7. The van der Waals surface area contributed by atoms with Gasteiger partial charge in [-0.25, -0.2) is 9.78 Å². The molecule has 0 unspecified atom stereocenters. The third kappa shape index (κ3) is 6.64. The van der Waals surface area contributed by atoms with Crippen LogP contribution in [-0.4, -0.2) is 35.2 Å². The molecule has 0 saturated carbocycles. The second kappa shape index (κ2) is 12.9. The zero-order valence-electron chi connectivity index (χ0n) is 21.4. The van der Waals surface area contributed by atoms with Crippen molar-refractivity contribution in [2.24, 2.45) is 0 Å². The number of aromatic nitrogens is 1. The Hall–Kier alpha value is -2.71. The molecule has 6 nitrogen and oxygen atoms in total. The summed E-state index contributed by atoms with van der Waals surface area (Å²) in [6.45, 7) is 5.21. The molecule has 38 heavy (non-hydrogen) atoms. The average molecular weight is 574 g/mol. The Kier molecular flexibility index (Phi) is 9.60. The number of carboxylic acids is 1. The number of benzene rings is 2. The Morgan fingerprint density at radius 2 is 1.89 bits per heavy atom. The number of carbonyl (C=O) groups excluding carboxylic acids is 1. The summed E-state index contributed by atoms with van der Waals surface area (Å²) in [7, 11) is 0. The summed E-state index contributed by atoms with van der Waals surface area (Å²) in [5.41, 5.74) is 5.43. The number of nitrogens with zero attached hydrogens (tertiary/aromatic N) is 1. The van der Waals surface area contributed by atoms with Gasteiger partial charge in [0.1, 0.15) is 0 Å². The number of aliphatic carboxylic acids is 1. The van der Waals surface area contributed by atoms with Crippen LogP contribution in [0.3, 0.4) is 0 Å². The number of fused-ring (bicyclic) bond motifs is 3. The molecular formula is C29H30Cl2N2O4S. The summed E-state index contributed by atoms with van der Waals surface area (Å²) >= 11 is 14.1. The first kappa shape index (κ1) is 28.3. The summed E-state index contributed by atoms with van der Waals surface area (Å²) in [6, 6.07) is 9.32. The Bertz CT molecular complexity index is 1360. The van der Waals surface area contributed by atoms with Gasteiger partial charge in [0.15, 0.2) is 5.13 Å². The van der Waals surface area contributed by atoms with Crippen LogP contribution in [0, 0.1) is 0 Å². The number of ether oxygens (including phenoxy) is 1. The summed E-state index contributed by atoms with van der Waals surface area (Å²) in [5, 5.41) is 12.9. The maximum atomic E-state index is 13.0. The minimum atomic E-state index is -1.07. The second-order valence-electron chi connectivity index (χ2n) is 9.24. The lowest BCUT2D eigenvalue weighted by Gasteiger charge is -2.18. The first-order valence-corrected chi connectivity index (χ1v) is 14.3. The summed E-state index contributed by atoms with van der Waals surface area (Å²) in [6.07, 6.45) is 7.40. The number of halogens is 2. The van der Waals surface area contributed by atoms with Crippen molar-refractivity contribution in [3.8, 4) is 11.3 Å². The van der Waals surface area contributed by atoms with Crippen LogP contribution in [-0.2, 0) is 28.8 Å². The molecule has 1 aliphatic carbocycles. The van der Waals surface area contributed by atoms with E-state index in [-0.39, 0.29) is 27.1 Å². The molecule has 1 aromatic heterocycles. The van der Waals surface area contributed by atoms with Gasteiger partial charge in [-0.3, -0.25) is 10.1 Å². The Labute approximate surface area is 236 Å². The van der Waals surface area contributed by atoms with Gasteiger partial charge in [-0.2, -0.15) is 0 Å². The Morgan fingerprint density at radius 1 is 1.16 bits per heavy atom. The van der Waals surface area contributed by atoms with Crippen LogP contribution in [0.2, 0.25) is 10.0 Å². The van der Waals surface area contributed by atoms with E-state index in [0.717, 1.165) is 67.9 Å². The lowest BCUT2D eigenvalue weighted by atomic mass is 9.88.